The minimum absolute atomic E-state index is 0.0333. The number of carbonyl (C=O) groups is 1. The van der Waals surface area contributed by atoms with E-state index < -0.39 is 5.95 Å². The minimum Gasteiger partial charge on any atom is -0.352 e. The normalized spacial score (nSPS) is 16.1. The molecule has 11 nitrogen and oxygen atoms in total. The zero-order chi connectivity index (χ0) is 31.6. The van der Waals surface area contributed by atoms with Crippen molar-refractivity contribution in [2.24, 2.45) is 11.8 Å². The highest BCUT2D eigenvalue weighted by molar-refractivity contribution is 5.96. The fraction of sp³-hybridized carbons (Fsp3) is 0.382. The summed E-state index contributed by atoms with van der Waals surface area (Å²) in [7, 11) is 0. The molecule has 2 fully saturated rings. The number of aromatic nitrogens is 6. The first-order chi connectivity index (χ1) is 22.5. The van der Waals surface area contributed by atoms with E-state index in [2.05, 4.69) is 46.0 Å². The minimum atomic E-state index is -0.597. The van der Waals surface area contributed by atoms with Crippen molar-refractivity contribution in [2.75, 3.05) is 44.6 Å². The molecular weight excluding hydrogens is 583 g/mol. The number of imidazole rings is 1. The molecule has 1 aromatic carbocycles. The highest BCUT2D eigenvalue weighted by Crippen LogP contribution is 2.29. The van der Waals surface area contributed by atoms with Gasteiger partial charge < -0.3 is 20.9 Å². The number of anilines is 2. The first-order valence-electron chi connectivity index (χ1n) is 16.1. The lowest BCUT2D eigenvalue weighted by Crippen LogP contribution is -2.50. The van der Waals surface area contributed by atoms with Crippen molar-refractivity contribution in [3.8, 4) is 22.5 Å². The Balaban J connectivity index is 1.02. The summed E-state index contributed by atoms with van der Waals surface area (Å²) in [6.07, 6.45) is 9.67. The number of hydrogen-bond acceptors (Lipinski definition) is 8. The quantitative estimate of drug-likeness (QED) is 0.167. The SMILES string of the molecule is CCc1cc(Nc2nccn3c(-c4ccc(-c5c[nH]nc5C)nc4F)cnc23)ccc1C(=O)NCC1CCN(CC2CNC2)CC1. The predicted molar refractivity (Wildman–Crippen MR) is 175 cm³/mol. The van der Waals surface area contributed by atoms with Crippen LogP contribution in [0.25, 0.3) is 28.2 Å². The third kappa shape index (κ3) is 6.10. The van der Waals surface area contributed by atoms with E-state index >= 15 is 4.39 Å². The van der Waals surface area contributed by atoms with E-state index in [1.54, 1.807) is 41.3 Å². The Morgan fingerprint density at radius 2 is 1.93 bits per heavy atom. The van der Waals surface area contributed by atoms with Crippen LogP contribution < -0.4 is 16.0 Å². The number of carbonyl (C=O) groups excluding carboxylic acids is 1. The lowest BCUT2D eigenvalue weighted by atomic mass is 9.94. The van der Waals surface area contributed by atoms with E-state index in [-0.39, 0.29) is 5.91 Å². The second-order valence-electron chi connectivity index (χ2n) is 12.4. The number of rotatable bonds is 10. The standard InChI is InChI=1S/C34H39FN10O/c1-3-24-14-25(4-5-26(24)34(46)39-17-22-8-11-44(12-9-22)20-23-15-36-16-23)41-32-33-38-19-30(45(33)13-10-37-32)27-6-7-29(42-31(27)35)28-18-40-43-21(28)2/h4-7,10,13-14,18-19,22-23,36H,3,8-9,11-12,15-17,20H2,1-2H3,(H,37,41)(H,39,46)(H,40,43). The Bertz CT molecular complexity index is 1850. The van der Waals surface area contributed by atoms with Gasteiger partial charge in [-0.1, -0.05) is 6.92 Å². The summed E-state index contributed by atoms with van der Waals surface area (Å²) in [5.74, 6) is 1.20. The van der Waals surface area contributed by atoms with Gasteiger partial charge in [0.05, 0.1) is 28.8 Å². The Kier molecular flexibility index (Phi) is 8.46. The van der Waals surface area contributed by atoms with E-state index in [0.29, 0.717) is 52.9 Å². The highest BCUT2D eigenvalue weighted by Gasteiger charge is 2.25. The summed E-state index contributed by atoms with van der Waals surface area (Å²) in [6, 6.07) is 9.22. The number of likely N-dealkylation sites (tertiary alicyclic amines) is 1. The Hall–Kier alpha value is -4.68. The van der Waals surface area contributed by atoms with Crippen molar-refractivity contribution in [2.45, 2.75) is 33.1 Å². The van der Waals surface area contributed by atoms with Crippen LogP contribution in [0.3, 0.4) is 0 Å². The maximum Gasteiger partial charge on any atom is 0.251 e. The van der Waals surface area contributed by atoms with Crippen molar-refractivity contribution in [3.63, 3.8) is 0 Å². The molecule has 2 aliphatic rings. The molecule has 46 heavy (non-hydrogen) atoms. The van der Waals surface area contributed by atoms with Crippen molar-refractivity contribution < 1.29 is 9.18 Å². The monoisotopic (exact) mass is 622 g/mol. The second kappa shape index (κ2) is 13.0. The van der Waals surface area contributed by atoms with Crippen LogP contribution in [-0.4, -0.2) is 79.6 Å². The Morgan fingerprint density at radius 3 is 2.65 bits per heavy atom. The third-order valence-corrected chi connectivity index (χ3v) is 9.29. The number of piperidine rings is 1. The fourth-order valence-corrected chi connectivity index (χ4v) is 6.47. The van der Waals surface area contributed by atoms with Gasteiger partial charge in [0, 0.05) is 61.6 Å². The molecule has 4 aromatic heterocycles. The van der Waals surface area contributed by atoms with Gasteiger partial charge in [0.25, 0.3) is 5.91 Å². The number of aryl methyl sites for hydroxylation is 2. The number of amides is 1. The number of halogens is 1. The van der Waals surface area contributed by atoms with E-state index in [0.717, 1.165) is 67.4 Å². The molecule has 1 amide bonds. The number of nitrogens with one attached hydrogen (secondary N) is 4. The molecule has 7 rings (SSSR count). The number of hydrogen-bond donors (Lipinski definition) is 4. The van der Waals surface area contributed by atoms with Crippen LogP contribution in [0.2, 0.25) is 0 Å². The van der Waals surface area contributed by atoms with Crippen LogP contribution in [0.5, 0.6) is 0 Å². The number of H-pyrrole nitrogens is 1. The third-order valence-electron chi connectivity index (χ3n) is 9.29. The zero-order valence-corrected chi connectivity index (χ0v) is 26.2. The summed E-state index contributed by atoms with van der Waals surface area (Å²) < 4.78 is 17.1. The summed E-state index contributed by atoms with van der Waals surface area (Å²) in [6.45, 7) is 10.3. The molecule has 0 atom stereocenters. The smallest absolute Gasteiger partial charge is 0.251 e. The number of fused-ring (bicyclic) bond motifs is 1. The number of aromatic amines is 1. The molecule has 0 bridgehead atoms. The average Bonchev–Trinajstić information content (AvgIpc) is 3.69. The van der Waals surface area contributed by atoms with Gasteiger partial charge in [-0.3, -0.25) is 14.3 Å². The predicted octanol–water partition coefficient (Wildman–Crippen LogP) is 4.60. The number of nitrogens with zero attached hydrogens (tertiary/aromatic N) is 6. The zero-order valence-electron chi connectivity index (χ0n) is 26.2. The molecule has 2 aliphatic heterocycles. The van der Waals surface area contributed by atoms with Crippen molar-refractivity contribution in [1.29, 1.82) is 0 Å². The van der Waals surface area contributed by atoms with Crippen LogP contribution in [0.1, 0.15) is 41.4 Å². The summed E-state index contributed by atoms with van der Waals surface area (Å²) in [5, 5.41) is 16.8. The van der Waals surface area contributed by atoms with Crippen molar-refractivity contribution >= 4 is 23.1 Å². The molecule has 6 heterocycles. The van der Waals surface area contributed by atoms with E-state index in [1.807, 2.05) is 32.0 Å². The molecule has 4 N–H and O–H groups in total. The van der Waals surface area contributed by atoms with Gasteiger partial charge in [0.15, 0.2) is 11.5 Å². The van der Waals surface area contributed by atoms with Crippen molar-refractivity contribution in [3.05, 3.63) is 77.9 Å². The number of benzene rings is 1. The second-order valence-corrected chi connectivity index (χ2v) is 12.4. The molecule has 0 aliphatic carbocycles. The topological polar surface area (TPSA) is 128 Å². The molecular formula is C34H39FN10O. The molecule has 5 aromatic rings. The van der Waals surface area contributed by atoms with Crippen LogP contribution in [0, 0.1) is 24.7 Å². The van der Waals surface area contributed by atoms with Gasteiger partial charge in [0.2, 0.25) is 5.95 Å². The fourth-order valence-electron chi connectivity index (χ4n) is 6.47. The maximum atomic E-state index is 15.3. The average molecular weight is 623 g/mol. The number of pyridine rings is 1. The lowest BCUT2D eigenvalue weighted by Gasteiger charge is -2.37. The molecule has 0 saturated carbocycles. The largest absolute Gasteiger partial charge is 0.352 e. The Morgan fingerprint density at radius 1 is 1.09 bits per heavy atom. The van der Waals surface area contributed by atoms with E-state index in [9.17, 15) is 4.79 Å². The molecule has 2 saturated heterocycles. The van der Waals surface area contributed by atoms with Gasteiger partial charge in [-0.25, -0.2) is 15.0 Å². The summed E-state index contributed by atoms with van der Waals surface area (Å²) >= 11 is 0. The lowest BCUT2D eigenvalue weighted by molar-refractivity contribution is 0.0929. The summed E-state index contributed by atoms with van der Waals surface area (Å²) in [4.78, 5) is 29.1. The Labute approximate surface area is 267 Å². The van der Waals surface area contributed by atoms with E-state index in [4.69, 9.17) is 0 Å². The molecule has 12 heteroatoms. The highest BCUT2D eigenvalue weighted by atomic mass is 19.1. The van der Waals surface area contributed by atoms with Crippen LogP contribution >= 0.6 is 0 Å². The van der Waals surface area contributed by atoms with Gasteiger partial charge in [-0.15, -0.1) is 0 Å². The van der Waals surface area contributed by atoms with Gasteiger partial charge in [0.1, 0.15) is 0 Å². The van der Waals surface area contributed by atoms with Crippen LogP contribution in [-0.2, 0) is 6.42 Å². The molecule has 0 radical (unpaired) electrons. The maximum absolute atomic E-state index is 15.3. The van der Waals surface area contributed by atoms with Crippen molar-refractivity contribution in [1.82, 2.24) is 45.1 Å². The van der Waals surface area contributed by atoms with E-state index in [1.165, 1.54) is 6.54 Å². The first-order valence-corrected chi connectivity index (χ1v) is 16.1. The van der Waals surface area contributed by atoms with Gasteiger partial charge >= 0.3 is 0 Å². The molecule has 0 unspecified atom stereocenters. The van der Waals surface area contributed by atoms with Gasteiger partial charge in [-0.2, -0.15) is 9.49 Å². The van der Waals surface area contributed by atoms with Crippen LogP contribution in [0.15, 0.2) is 55.1 Å². The molecule has 238 valence electrons. The van der Waals surface area contributed by atoms with Crippen LogP contribution in [0.4, 0.5) is 15.9 Å². The van der Waals surface area contributed by atoms with Gasteiger partial charge in [-0.05, 0) is 87.0 Å². The molecule has 0 spiro atoms. The summed E-state index contributed by atoms with van der Waals surface area (Å²) in [5.41, 5.74) is 5.87. The first kappa shape index (κ1) is 30.0.